The summed E-state index contributed by atoms with van der Waals surface area (Å²) in [6.07, 6.45) is 6.54. The van der Waals surface area contributed by atoms with Gasteiger partial charge in [0.05, 0.1) is 11.0 Å². The fraction of sp³-hybridized carbons (Fsp3) is 0.294. The van der Waals surface area contributed by atoms with Crippen molar-refractivity contribution in [1.29, 1.82) is 0 Å². The summed E-state index contributed by atoms with van der Waals surface area (Å²) in [5, 5.41) is 2.44. The predicted octanol–water partition coefficient (Wildman–Crippen LogP) is 17.8. The number of hydrogen-bond donors (Lipinski definition) is 0. The molecule has 0 atom stereocenters. The fourth-order valence-corrected chi connectivity index (χ4v) is 11.2. The smallest absolute Gasteiger partial charge is 0.255 e. The molecule has 5 heteroatoms. The minimum Gasteiger partial charge on any atom is -0.457 e. The molecule has 1 aliphatic rings. The van der Waals surface area contributed by atoms with E-state index in [2.05, 4.69) is 268 Å². The summed E-state index contributed by atoms with van der Waals surface area (Å²) in [5.74, 6) is 2.45. The molecule has 0 aliphatic heterocycles. The highest BCUT2D eigenvalue weighted by Crippen LogP contribution is 2.49. The summed E-state index contributed by atoms with van der Waals surface area (Å²) >= 11 is 0. The standard InChI is InChI=1S/C68H71N4O/c1-64(2,3)46-31-34-69-62(38-46)72-60-40-51(29-30-54(60)55-41-56-57(42-61(55)72)68(12,13)33-32-67(56,10)11)73-50-24-19-23-49(39-50)70-43-71(59-28-18-17-27-58(59)70)63-52(44-21-15-14-16-22-44)25-20-26-53(63)45-35-47(65(4,5)6)37-48(36-45)66(7,8)9/h14-31,34-43H,32-33H2,1-13H3/q+1. The molecule has 0 bridgehead atoms. The summed E-state index contributed by atoms with van der Waals surface area (Å²) in [7, 11) is 0. The highest BCUT2D eigenvalue weighted by atomic mass is 16.5. The molecule has 0 unspecified atom stereocenters. The van der Waals surface area contributed by atoms with Gasteiger partial charge in [0.25, 0.3) is 6.33 Å². The van der Waals surface area contributed by atoms with E-state index in [-0.39, 0.29) is 27.1 Å². The first kappa shape index (κ1) is 48.1. The number of benzene rings is 7. The quantitative estimate of drug-likeness (QED) is 0.149. The van der Waals surface area contributed by atoms with Crippen molar-refractivity contribution in [2.45, 2.75) is 130 Å². The van der Waals surface area contributed by atoms with Crippen molar-refractivity contribution in [3.8, 4) is 50.9 Å². The second-order valence-electron chi connectivity index (χ2n) is 25.2. The molecule has 0 amide bonds. The first-order valence-corrected chi connectivity index (χ1v) is 26.3. The Hall–Kier alpha value is -7.24. The van der Waals surface area contributed by atoms with E-state index in [9.17, 15) is 0 Å². The Morgan fingerprint density at radius 1 is 0.493 bits per heavy atom. The molecule has 0 fully saturated rings. The maximum Gasteiger partial charge on any atom is 0.255 e. The van der Waals surface area contributed by atoms with Crippen LogP contribution in [-0.4, -0.2) is 14.1 Å². The van der Waals surface area contributed by atoms with Gasteiger partial charge in [-0.05, 0) is 140 Å². The Bertz CT molecular complexity index is 3730. The summed E-state index contributed by atoms with van der Waals surface area (Å²) in [5.41, 5.74) is 18.2. The molecule has 0 spiro atoms. The second-order valence-corrected chi connectivity index (χ2v) is 25.2. The predicted molar refractivity (Wildman–Crippen MR) is 306 cm³/mol. The summed E-state index contributed by atoms with van der Waals surface area (Å²) < 4.78 is 14.0. The van der Waals surface area contributed by atoms with Gasteiger partial charge in [0.15, 0.2) is 11.0 Å². The minimum atomic E-state index is -0.0347. The molecule has 0 N–H and O–H groups in total. The second kappa shape index (κ2) is 17.2. The molecule has 73 heavy (non-hydrogen) atoms. The van der Waals surface area contributed by atoms with Crippen LogP contribution in [0.3, 0.4) is 0 Å². The van der Waals surface area contributed by atoms with Crippen molar-refractivity contribution >= 4 is 32.8 Å². The number of ether oxygens (including phenoxy) is 1. The molecule has 0 radical (unpaired) electrons. The van der Waals surface area contributed by atoms with Crippen LogP contribution in [0.5, 0.6) is 11.5 Å². The van der Waals surface area contributed by atoms with Gasteiger partial charge in [-0.15, -0.1) is 0 Å². The monoisotopic (exact) mass is 960 g/mol. The topological polar surface area (TPSA) is 35.9 Å². The molecule has 1 aliphatic carbocycles. The zero-order valence-electron chi connectivity index (χ0n) is 45.3. The van der Waals surface area contributed by atoms with Crippen molar-refractivity contribution in [3.63, 3.8) is 0 Å². The maximum absolute atomic E-state index is 6.96. The zero-order chi connectivity index (χ0) is 51.4. The average Bonchev–Trinajstić information content (AvgIpc) is 3.90. The molecule has 3 aromatic heterocycles. The van der Waals surface area contributed by atoms with Crippen LogP contribution >= 0.6 is 0 Å². The zero-order valence-corrected chi connectivity index (χ0v) is 45.3. The van der Waals surface area contributed by atoms with Crippen molar-refractivity contribution in [2.24, 2.45) is 0 Å². The van der Waals surface area contributed by atoms with Crippen molar-refractivity contribution < 1.29 is 9.30 Å². The Morgan fingerprint density at radius 2 is 1.10 bits per heavy atom. The third kappa shape index (κ3) is 8.65. The highest BCUT2D eigenvalue weighted by Gasteiger charge is 2.38. The van der Waals surface area contributed by atoms with E-state index in [4.69, 9.17) is 9.72 Å². The number of para-hydroxylation sites is 3. The van der Waals surface area contributed by atoms with Gasteiger partial charge in [0, 0.05) is 40.2 Å². The molecular weight excluding hydrogens is 889 g/mol. The molecule has 10 aromatic rings. The van der Waals surface area contributed by atoms with Crippen LogP contribution < -0.4 is 9.30 Å². The van der Waals surface area contributed by atoms with Crippen LogP contribution in [0.2, 0.25) is 0 Å². The van der Waals surface area contributed by atoms with E-state index in [1.54, 1.807) is 0 Å². The van der Waals surface area contributed by atoms with Crippen LogP contribution in [-0.2, 0) is 27.1 Å². The SMILES string of the molecule is CC(C)(C)c1cc(-c2cccc(-c3ccccc3)c2-[n+]2cn(-c3cccc(Oc4ccc5c6cc7c(cc6n(-c6cc(C(C)(C)C)ccn6)c5c4)C(C)(C)CCC7(C)C)c3)c3ccccc32)cc(C(C)(C)C)c1. The van der Waals surface area contributed by atoms with E-state index in [0.717, 1.165) is 58.1 Å². The van der Waals surface area contributed by atoms with Crippen molar-refractivity contribution in [1.82, 2.24) is 14.1 Å². The third-order valence-electron chi connectivity index (χ3n) is 15.9. The van der Waals surface area contributed by atoms with E-state index in [1.807, 2.05) is 6.20 Å². The number of rotatable bonds is 7. The maximum atomic E-state index is 6.96. The number of imidazole rings is 1. The number of pyridine rings is 1. The molecule has 3 heterocycles. The Balaban J connectivity index is 1.06. The van der Waals surface area contributed by atoms with E-state index in [1.165, 1.54) is 66.4 Å². The summed E-state index contributed by atoms with van der Waals surface area (Å²) in [4.78, 5) is 5.07. The molecule has 368 valence electrons. The molecule has 11 rings (SSSR count). The van der Waals surface area contributed by atoms with Crippen LogP contribution in [0.4, 0.5) is 0 Å². The van der Waals surface area contributed by atoms with Crippen LogP contribution in [0.1, 0.15) is 131 Å². The lowest BCUT2D eigenvalue weighted by molar-refractivity contribution is -0.566. The number of hydrogen-bond acceptors (Lipinski definition) is 2. The summed E-state index contributed by atoms with van der Waals surface area (Å²) in [6, 6.07) is 58.0. The van der Waals surface area contributed by atoms with Gasteiger partial charge in [-0.2, -0.15) is 9.13 Å². The minimum absolute atomic E-state index is 0.0305. The fourth-order valence-electron chi connectivity index (χ4n) is 11.2. The number of aromatic nitrogens is 4. The van der Waals surface area contributed by atoms with Gasteiger partial charge < -0.3 is 4.74 Å². The van der Waals surface area contributed by atoms with Crippen molar-refractivity contribution in [2.75, 3.05) is 0 Å². The highest BCUT2D eigenvalue weighted by molar-refractivity contribution is 6.10. The van der Waals surface area contributed by atoms with E-state index in [0.29, 0.717) is 0 Å². The van der Waals surface area contributed by atoms with Crippen molar-refractivity contribution in [3.05, 3.63) is 198 Å². The first-order chi connectivity index (χ1) is 34.5. The Morgan fingerprint density at radius 3 is 1.78 bits per heavy atom. The molecule has 7 aromatic carbocycles. The molecular formula is C68H71N4O+. The van der Waals surface area contributed by atoms with Crippen LogP contribution in [0, 0.1) is 0 Å². The van der Waals surface area contributed by atoms with Crippen LogP contribution in [0.15, 0.2) is 170 Å². The van der Waals surface area contributed by atoms with E-state index >= 15 is 0 Å². The Kier molecular flexibility index (Phi) is 11.3. The van der Waals surface area contributed by atoms with Gasteiger partial charge in [-0.1, -0.05) is 175 Å². The van der Waals surface area contributed by atoms with Gasteiger partial charge in [-0.3, -0.25) is 4.57 Å². The molecule has 5 nitrogen and oxygen atoms in total. The first-order valence-electron chi connectivity index (χ1n) is 26.3. The third-order valence-corrected chi connectivity index (χ3v) is 15.9. The van der Waals surface area contributed by atoms with E-state index < -0.39 is 0 Å². The number of nitrogens with zero attached hydrogens (tertiary/aromatic N) is 4. The molecule has 0 saturated carbocycles. The number of fused-ring (bicyclic) bond motifs is 5. The lowest BCUT2D eigenvalue weighted by Gasteiger charge is -2.42. The van der Waals surface area contributed by atoms with Gasteiger partial charge in [-0.25, -0.2) is 4.98 Å². The van der Waals surface area contributed by atoms with Gasteiger partial charge in [0.1, 0.15) is 28.7 Å². The molecule has 0 saturated heterocycles. The largest absolute Gasteiger partial charge is 0.457 e. The van der Waals surface area contributed by atoms with Crippen LogP contribution in [0.25, 0.3) is 72.3 Å². The summed E-state index contributed by atoms with van der Waals surface area (Å²) in [6.45, 7) is 30.3. The Labute approximate surface area is 433 Å². The van der Waals surface area contributed by atoms with Gasteiger partial charge >= 0.3 is 0 Å². The van der Waals surface area contributed by atoms with Gasteiger partial charge in [0.2, 0.25) is 0 Å². The lowest BCUT2D eigenvalue weighted by Crippen LogP contribution is -2.33. The normalized spacial score (nSPS) is 14.8. The average molecular weight is 960 g/mol. The lowest BCUT2D eigenvalue weighted by atomic mass is 9.63.